The molecule has 0 aliphatic heterocycles. The monoisotopic (exact) mass is 286 g/mol. The van der Waals surface area contributed by atoms with Gasteiger partial charge in [-0.1, -0.05) is 34.1 Å². The van der Waals surface area contributed by atoms with Crippen LogP contribution in [0.15, 0.2) is 0 Å². The molecule has 0 bridgehead atoms. The van der Waals surface area contributed by atoms with Gasteiger partial charge in [-0.15, -0.1) is 0 Å². The van der Waals surface area contributed by atoms with Crippen LogP contribution in [0.4, 0.5) is 4.79 Å². The number of urea groups is 1. The summed E-state index contributed by atoms with van der Waals surface area (Å²) in [6.45, 7) is 9.64. The first kappa shape index (κ1) is 18.7. The number of hydrogen-bond acceptors (Lipinski definition) is 2. The average molecular weight is 286 g/mol. The summed E-state index contributed by atoms with van der Waals surface area (Å²) in [5, 5.41) is 14.4. The highest BCUT2D eigenvalue weighted by Crippen LogP contribution is 2.17. The molecule has 0 heterocycles. The van der Waals surface area contributed by atoms with Crippen molar-refractivity contribution in [2.24, 2.45) is 11.3 Å². The SMILES string of the molecule is CCC(CCNC(=O)NCC(C)(C)CC)CCC(=O)O. The standard InChI is InChI=1S/C15H30N2O3/c1-5-12(7-8-13(18)19)9-10-16-14(20)17-11-15(3,4)6-2/h12H,5-11H2,1-4H3,(H,18,19)(H2,16,17,20). The quantitative estimate of drug-likeness (QED) is 0.577. The third kappa shape index (κ3) is 9.64. The van der Waals surface area contributed by atoms with Gasteiger partial charge in [0.1, 0.15) is 0 Å². The summed E-state index contributed by atoms with van der Waals surface area (Å²) < 4.78 is 0. The van der Waals surface area contributed by atoms with E-state index in [1.807, 2.05) is 0 Å². The van der Waals surface area contributed by atoms with E-state index in [1.54, 1.807) is 0 Å². The smallest absolute Gasteiger partial charge is 0.314 e. The van der Waals surface area contributed by atoms with Crippen molar-refractivity contribution in [2.75, 3.05) is 13.1 Å². The van der Waals surface area contributed by atoms with Crippen molar-refractivity contribution in [3.8, 4) is 0 Å². The van der Waals surface area contributed by atoms with Crippen molar-refractivity contribution in [1.29, 1.82) is 0 Å². The van der Waals surface area contributed by atoms with Gasteiger partial charge in [0.15, 0.2) is 0 Å². The molecule has 0 saturated heterocycles. The molecule has 20 heavy (non-hydrogen) atoms. The molecule has 0 radical (unpaired) electrons. The molecule has 3 N–H and O–H groups in total. The predicted octanol–water partition coefficient (Wildman–Crippen LogP) is 3.00. The average Bonchev–Trinajstić information content (AvgIpc) is 2.40. The molecule has 0 aliphatic carbocycles. The fraction of sp³-hybridized carbons (Fsp3) is 0.867. The molecule has 5 nitrogen and oxygen atoms in total. The van der Waals surface area contributed by atoms with Crippen LogP contribution >= 0.6 is 0 Å². The Morgan fingerprint density at radius 1 is 1.15 bits per heavy atom. The Bertz CT molecular complexity index is 303. The van der Waals surface area contributed by atoms with Crippen LogP contribution in [0, 0.1) is 11.3 Å². The van der Waals surface area contributed by atoms with Gasteiger partial charge < -0.3 is 15.7 Å². The number of aliphatic carboxylic acids is 1. The lowest BCUT2D eigenvalue weighted by Gasteiger charge is -2.23. The van der Waals surface area contributed by atoms with E-state index in [-0.39, 0.29) is 17.9 Å². The molecule has 0 aromatic heterocycles. The van der Waals surface area contributed by atoms with E-state index in [0.29, 0.717) is 25.4 Å². The van der Waals surface area contributed by atoms with Gasteiger partial charge in [0.25, 0.3) is 0 Å². The normalized spacial score (nSPS) is 12.8. The maximum atomic E-state index is 11.6. The zero-order chi connectivity index (χ0) is 15.6. The van der Waals surface area contributed by atoms with E-state index in [0.717, 1.165) is 19.3 Å². The van der Waals surface area contributed by atoms with Crippen molar-refractivity contribution >= 4 is 12.0 Å². The molecular formula is C15H30N2O3. The first-order chi connectivity index (χ1) is 9.30. The molecule has 0 fully saturated rings. The third-order valence-electron chi connectivity index (χ3n) is 3.87. The Kier molecular flexibility index (Phi) is 9.01. The predicted molar refractivity (Wildman–Crippen MR) is 80.7 cm³/mol. The molecule has 0 saturated carbocycles. The summed E-state index contributed by atoms with van der Waals surface area (Å²) in [7, 11) is 0. The highest BCUT2D eigenvalue weighted by atomic mass is 16.4. The van der Waals surface area contributed by atoms with Crippen molar-refractivity contribution < 1.29 is 14.7 Å². The maximum Gasteiger partial charge on any atom is 0.314 e. The molecule has 0 spiro atoms. The second kappa shape index (κ2) is 9.61. The summed E-state index contributed by atoms with van der Waals surface area (Å²) >= 11 is 0. The summed E-state index contributed by atoms with van der Waals surface area (Å²) in [4.78, 5) is 22.2. The lowest BCUT2D eigenvalue weighted by Crippen LogP contribution is -2.41. The summed E-state index contributed by atoms with van der Waals surface area (Å²) in [5.74, 6) is -0.394. The largest absolute Gasteiger partial charge is 0.481 e. The summed E-state index contributed by atoms with van der Waals surface area (Å²) in [5.41, 5.74) is 0.116. The van der Waals surface area contributed by atoms with Crippen molar-refractivity contribution in [3.63, 3.8) is 0 Å². The molecule has 1 unspecified atom stereocenters. The van der Waals surface area contributed by atoms with Crippen LogP contribution in [0.5, 0.6) is 0 Å². The third-order valence-corrected chi connectivity index (χ3v) is 3.87. The van der Waals surface area contributed by atoms with E-state index in [1.165, 1.54) is 0 Å². The number of carbonyl (C=O) groups excluding carboxylic acids is 1. The van der Waals surface area contributed by atoms with Crippen molar-refractivity contribution in [2.45, 2.75) is 59.8 Å². The summed E-state index contributed by atoms with van der Waals surface area (Å²) in [6.07, 6.45) is 3.67. The fourth-order valence-corrected chi connectivity index (χ4v) is 1.78. The van der Waals surface area contributed by atoms with E-state index >= 15 is 0 Å². The minimum Gasteiger partial charge on any atom is -0.481 e. The number of carbonyl (C=O) groups is 2. The van der Waals surface area contributed by atoms with Gasteiger partial charge >= 0.3 is 12.0 Å². The number of carboxylic acid groups (broad SMARTS) is 1. The van der Waals surface area contributed by atoms with Crippen LogP contribution in [0.1, 0.15) is 59.8 Å². The Hall–Kier alpha value is -1.26. The first-order valence-electron chi connectivity index (χ1n) is 7.54. The van der Waals surface area contributed by atoms with Gasteiger partial charge in [-0.3, -0.25) is 4.79 Å². The maximum absolute atomic E-state index is 11.6. The Morgan fingerprint density at radius 2 is 1.80 bits per heavy atom. The van der Waals surface area contributed by atoms with E-state index in [2.05, 4.69) is 38.3 Å². The molecule has 0 aromatic rings. The van der Waals surface area contributed by atoms with Crippen molar-refractivity contribution in [3.05, 3.63) is 0 Å². The number of carboxylic acids is 1. The molecule has 0 aromatic carbocycles. The highest BCUT2D eigenvalue weighted by molar-refractivity contribution is 5.73. The van der Waals surface area contributed by atoms with Crippen molar-refractivity contribution in [1.82, 2.24) is 10.6 Å². The second-order valence-corrected chi connectivity index (χ2v) is 6.12. The molecule has 1 atom stereocenters. The fourth-order valence-electron chi connectivity index (χ4n) is 1.78. The van der Waals surface area contributed by atoms with E-state index < -0.39 is 5.97 Å². The number of amides is 2. The Labute approximate surface area is 122 Å². The van der Waals surface area contributed by atoms with Gasteiger partial charge in [0, 0.05) is 19.5 Å². The van der Waals surface area contributed by atoms with E-state index in [4.69, 9.17) is 5.11 Å². The van der Waals surface area contributed by atoms with Crippen LogP contribution in [-0.4, -0.2) is 30.2 Å². The van der Waals surface area contributed by atoms with Crippen LogP contribution in [0.2, 0.25) is 0 Å². The van der Waals surface area contributed by atoms with Crippen LogP contribution < -0.4 is 10.6 Å². The molecule has 118 valence electrons. The van der Waals surface area contributed by atoms with Gasteiger partial charge in [0.2, 0.25) is 0 Å². The number of hydrogen-bond donors (Lipinski definition) is 3. The zero-order valence-electron chi connectivity index (χ0n) is 13.3. The lowest BCUT2D eigenvalue weighted by atomic mass is 9.90. The van der Waals surface area contributed by atoms with Crippen LogP contribution in [-0.2, 0) is 4.79 Å². The molecule has 5 heteroatoms. The van der Waals surface area contributed by atoms with Gasteiger partial charge in [0.05, 0.1) is 0 Å². The molecule has 0 aliphatic rings. The first-order valence-corrected chi connectivity index (χ1v) is 7.54. The number of rotatable bonds is 10. The molecule has 0 rings (SSSR count). The van der Waals surface area contributed by atoms with E-state index in [9.17, 15) is 9.59 Å². The van der Waals surface area contributed by atoms with Gasteiger partial charge in [-0.05, 0) is 30.6 Å². The molecule has 2 amide bonds. The number of nitrogens with one attached hydrogen (secondary N) is 2. The Balaban J connectivity index is 3.81. The lowest BCUT2D eigenvalue weighted by molar-refractivity contribution is -0.137. The van der Waals surface area contributed by atoms with Crippen LogP contribution in [0.3, 0.4) is 0 Å². The zero-order valence-corrected chi connectivity index (χ0v) is 13.3. The topological polar surface area (TPSA) is 78.4 Å². The minimum atomic E-state index is -0.754. The van der Waals surface area contributed by atoms with Gasteiger partial charge in [-0.25, -0.2) is 4.79 Å². The highest BCUT2D eigenvalue weighted by Gasteiger charge is 2.16. The Morgan fingerprint density at radius 3 is 2.30 bits per heavy atom. The second-order valence-electron chi connectivity index (χ2n) is 6.12. The minimum absolute atomic E-state index is 0.116. The van der Waals surface area contributed by atoms with Crippen LogP contribution in [0.25, 0.3) is 0 Å². The van der Waals surface area contributed by atoms with Gasteiger partial charge in [-0.2, -0.15) is 0 Å². The molecular weight excluding hydrogens is 256 g/mol. The summed E-state index contributed by atoms with van der Waals surface area (Å²) in [6, 6.07) is -0.139.